The molecule has 0 aliphatic carbocycles. The lowest BCUT2D eigenvalue weighted by atomic mass is 9.89. The topological polar surface area (TPSA) is 662 Å². The number of carbonyl (C=O) groups is 15. The standard InChI is InChI=1S/3C17H29NO4.3C8H18N2O.3C8H17O6P/c3*1-6-17(4,5)16(21)18-11-7-9-14(19)10-8-12-22-15(20)13(2)3;3*1-4-8(2,3)7(11)10-6-5-9;3*1-4-8(2,3)7(9)13-5-6-14-15(10,11)12/h3*2,6-12H2,1,3-5H3,(H,18,21);3*4-6,9H2,1-3H3,(H,10,11);3*4-6H2,1-3H3,(H2,10,11,12). The molecule has 0 aliphatic rings. The molecule has 0 fully saturated rings. The smallest absolute Gasteiger partial charge is 0.463 e. The van der Waals surface area contributed by atoms with Gasteiger partial charge in [-0.3, -0.25) is 71.1 Å². The summed E-state index contributed by atoms with van der Waals surface area (Å²) >= 11 is 0. The van der Waals surface area contributed by atoms with Gasteiger partial charge in [0.1, 0.15) is 37.2 Å². The molecule has 846 valence electrons. The first-order valence-corrected chi connectivity index (χ1v) is 53.8. The molecule has 0 spiro atoms. The monoisotopic (exact) mass is 2130 g/mol. The van der Waals surface area contributed by atoms with Gasteiger partial charge < -0.3 is 107 Å². The fourth-order valence-corrected chi connectivity index (χ4v) is 9.29. The minimum atomic E-state index is -4.46. The molecule has 0 aromatic rings. The number of hydrogen-bond donors (Lipinski definition) is 15. The Hall–Kier alpha value is -7.92. The normalized spacial score (nSPS) is 11.5. The minimum Gasteiger partial charge on any atom is -0.463 e. The van der Waals surface area contributed by atoms with Crippen LogP contribution in [-0.2, 0) is 128 Å². The van der Waals surface area contributed by atoms with Crippen LogP contribution in [0.4, 0.5) is 0 Å². The van der Waals surface area contributed by atoms with E-state index in [1.165, 1.54) is 0 Å². The first kappa shape index (κ1) is 154. The SMILES string of the molecule is C=C(C)C(=O)OCCCC(=O)CCCNC(=O)C(C)(C)CC.C=C(C)C(=O)OCCCC(=O)CCCNC(=O)C(C)(C)CC.C=C(C)C(=O)OCCCC(=O)CCCNC(=O)C(C)(C)CC.CCC(C)(C)C(=O)NCCN.CCC(C)(C)C(=O)NCCN.CCC(C)(C)C(=O)NCCN.CCC(C)(C)C(=O)OCCOP(=O)(O)O.CCC(C)(C)C(=O)OCCOP(=O)(O)O.CCC(C)(C)C(=O)OCCOP(=O)(O)O. The van der Waals surface area contributed by atoms with Gasteiger partial charge in [-0.25, -0.2) is 28.1 Å². The van der Waals surface area contributed by atoms with Crippen LogP contribution in [0.3, 0.4) is 0 Å². The van der Waals surface area contributed by atoms with Crippen LogP contribution in [0.25, 0.3) is 0 Å². The highest BCUT2D eigenvalue weighted by atomic mass is 31.2. The number of nitrogens with two attached hydrogens (primary N) is 3. The summed E-state index contributed by atoms with van der Waals surface area (Å²) in [7, 11) is -13.4. The number of esters is 6. The molecule has 0 saturated heterocycles. The Balaban J connectivity index is -0.000000206. The Morgan fingerprint density at radius 1 is 0.243 bits per heavy atom. The number of Topliss-reactive ketones (excluding diaryl/α,β-unsaturated/α-hetero) is 3. The van der Waals surface area contributed by atoms with E-state index in [1.54, 1.807) is 62.3 Å². The maximum absolute atomic E-state index is 11.8. The molecule has 0 radical (unpaired) electrons. The second kappa shape index (κ2) is 82.0. The van der Waals surface area contributed by atoms with E-state index in [-0.39, 0.29) is 145 Å². The Labute approximate surface area is 860 Å². The van der Waals surface area contributed by atoms with Gasteiger partial charge in [0.2, 0.25) is 35.4 Å². The lowest BCUT2D eigenvalue weighted by molar-refractivity contribution is -0.155. The zero-order chi connectivity index (χ0) is 115. The van der Waals surface area contributed by atoms with E-state index in [0.717, 1.165) is 38.5 Å². The van der Waals surface area contributed by atoms with Crippen LogP contribution in [-0.4, -0.2) is 236 Å². The van der Waals surface area contributed by atoms with Gasteiger partial charge in [0, 0.05) is 147 Å². The van der Waals surface area contributed by atoms with Gasteiger partial charge in [-0.2, -0.15) is 0 Å². The second-order valence-corrected chi connectivity index (χ2v) is 43.1. The van der Waals surface area contributed by atoms with Crippen LogP contribution in [0, 0.1) is 48.7 Å². The number of ketones is 3. The third kappa shape index (κ3) is 89.3. The third-order valence-electron chi connectivity index (χ3n) is 22.6. The number of phosphoric ester groups is 3. The van der Waals surface area contributed by atoms with E-state index in [0.29, 0.717) is 172 Å². The number of rotatable bonds is 63. The maximum atomic E-state index is 11.8. The minimum absolute atomic E-state index is 0.0224. The number of carbonyl (C=O) groups excluding carboxylic acids is 15. The lowest BCUT2D eigenvalue weighted by Crippen LogP contribution is -2.38. The van der Waals surface area contributed by atoms with Gasteiger partial charge >= 0.3 is 59.3 Å². The lowest BCUT2D eigenvalue weighted by Gasteiger charge is -2.21. The summed E-state index contributed by atoms with van der Waals surface area (Å²) < 4.78 is 72.2. The van der Waals surface area contributed by atoms with E-state index in [1.807, 2.05) is 145 Å². The molecule has 144 heavy (non-hydrogen) atoms. The summed E-state index contributed by atoms with van der Waals surface area (Å²) in [5, 5.41) is 16.8. The van der Waals surface area contributed by atoms with Crippen molar-refractivity contribution in [2.75, 3.05) is 118 Å². The molecule has 45 heteroatoms. The number of ether oxygens (including phenoxy) is 6. The third-order valence-corrected chi connectivity index (χ3v) is 24.2. The summed E-state index contributed by atoms with van der Waals surface area (Å²) in [4.78, 5) is 222. The molecule has 0 unspecified atom stereocenters. The Morgan fingerprint density at radius 2 is 0.396 bits per heavy atom. The van der Waals surface area contributed by atoms with Crippen LogP contribution in [0.15, 0.2) is 36.5 Å². The van der Waals surface area contributed by atoms with Crippen molar-refractivity contribution in [3.63, 3.8) is 0 Å². The predicted molar refractivity (Wildman–Crippen MR) is 556 cm³/mol. The van der Waals surface area contributed by atoms with Crippen molar-refractivity contribution >= 4 is 112 Å². The zero-order valence-corrected chi connectivity index (χ0v) is 95.7. The molecule has 42 nitrogen and oxygen atoms in total. The Kier molecular flexibility index (Phi) is 87.6. The molecule has 0 aromatic carbocycles. The van der Waals surface area contributed by atoms with Gasteiger partial charge in [0.05, 0.1) is 55.9 Å². The Bertz CT molecular complexity index is 3550. The molecular formula is C99H192N9O33P3. The maximum Gasteiger partial charge on any atom is 0.469 e. The fraction of sp³-hybridized carbons (Fsp3) is 0.788. The van der Waals surface area contributed by atoms with E-state index < -0.39 is 75.5 Å². The van der Waals surface area contributed by atoms with Crippen molar-refractivity contribution in [1.82, 2.24) is 31.9 Å². The summed E-state index contributed by atoms with van der Waals surface area (Å²) in [5.41, 5.74) is 13.2. The molecule has 0 aromatic heterocycles. The van der Waals surface area contributed by atoms with E-state index in [2.05, 4.69) is 65.2 Å². The van der Waals surface area contributed by atoms with Crippen molar-refractivity contribution in [2.45, 2.75) is 343 Å². The van der Waals surface area contributed by atoms with Crippen LogP contribution in [0.1, 0.15) is 343 Å². The number of nitrogens with one attached hydrogen (secondary N) is 6. The van der Waals surface area contributed by atoms with Crippen molar-refractivity contribution < 1.29 is 157 Å². The van der Waals surface area contributed by atoms with Crippen LogP contribution in [0.2, 0.25) is 0 Å². The summed E-state index contributed by atoms with van der Waals surface area (Å²) in [6.07, 6.45) is 12.7. The highest BCUT2D eigenvalue weighted by molar-refractivity contribution is 7.46. The summed E-state index contributed by atoms with van der Waals surface area (Å²) in [6, 6.07) is 0. The highest BCUT2D eigenvalue weighted by Gasteiger charge is 2.33. The molecule has 6 amide bonds. The number of hydrogen-bond acceptors (Lipinski definition) is 30. The zero-order valence-electron chi connectivity index (χ0n) is 93.0. The van der Waals surface area contributed by atoms with Gasteiger partial charge in [0.25, 0.3) is 0 Å². The van der Waals surface area contributed by atoms with E-state index in [9.17, 15) is 85.6 Å². The number of amides is 6. The van der Waals surface area contributed by atoms with Crippen LogP contribution < -0.4 is 49.1 Å². The largest absolute Gasteiger partial charge is 0.469 e. The van der Waals surface area contributed by atoms with Gasteiger partial charge in [0.15, 0.2) is 0 Å². The molecule has 0 bridgehead atoms. The highest BCUT2D eigenvalue weighted by Crippen LogP contribution is 2.37. The molecule has 0 saturated carbocycles. The molecular weight excluding hydrogens is 1940 g/mol. The average molecular weight is 2130 g/mol. The van der Waals surface area contributed by atoms with Gasteiger partial charge in [-0.05, 0) is 159 Å². The molecule has 0 atom stereocenters. The van der Waals surface area contributed by atoms with E-state index in [4.69, 9.17) is 75.0 Å². The molecule has 18 N–H and O–H groups in total. The number of phosphoric acid groups is 3. The van der Waals surface area contributed by atoms with Gasteiger partial charge in [-0.15, -0.1) is 0 Å². The first-order chi connectivity index (χ1) is 65.8. The van der Waals surface area contributed by atoms with Crippen molar-refractivity contribution in [3.8, 4) is 0 Å². The quantitative estimate of drug-likeness (QED) is 0.00884. The van der Waals surface area contributed by atoms with Crippen LogP contribution >= 0.6 is 23.5 Å². The first-order valence-electron chi connectivity index (χ1n) is 49.3. The Morgan fingerprint density at radius 3 is 0.535 bits per heavy atom. The van der Waals surface area contributed by atoms with Crippen LogP contribution in [0.5, 0.6) is 0 Å². The van der Waals surface area contributed by atoms with E-state index >= 15 is 0 Å². The predicted octanol–water partition coefficient (Wildman–Crippen LogP) is 13.1. The fourth-order valence-electron chi connectivity index (χ4n) is 8.36. The molecule has 0 aliphatic heterocycles. The summed E-state index contributed by atoms with van der Waals surface area (Å²) in [6.45, 7) is 70.2. The van der Waals surface area contributed by atoms with Crippen molar-refractivity contribution in [3.05, 3.63) is 36.5 Å². The average Bonchev–Trinajstić information content (AvgIpc) is 0.948. The van der Waals surface area contributed by atoms with Gasteiger partial charge in [-0.1, -0.05) is 165 Å². The van der Waals surface area contributed by atoms with Crippen molar-refractivity contribution in [1.29, 1.82) is 0 Å². The molecule has 0 rings (SSSR count). The second-order valence-electron chi connectivity index (χ2n) is 39.4. The van der Waals surface area contributed by atoms with Crippen molar-refractivity contribution in [2.24, 2.45) is 65.9 Å². The molecule has 0 heterocycles. The summed E-state index contributed by atoms with van der Waals surface area (Å²) in [5.74, 6) is -1.78.